The van der Waals surface area contributed by atoms with Crippen molar-refractivity contribution in [2.24, 2.45) is 5.92 Å². The van der Waals surface area contributed by atoms with E-state index in [0.717, 1.165) is 25.5 Å². The van der Waals surface area contributed by atoms with Gasteiger partial charge in [-0.25, -0.2) is 4.39 Å². The molecular weight excluding hydrogens is 272 g/mol. The number of hydrogen-bond donors (Lipinski definition) is 1. The molecule has 2 fully saturated rings. The Balaban J connectivity index is 1.81. The average Bonchev–Trinajstić information content (AvgIpc) is 2.80. The highest BCUT2D eigenvalue weighted by molar-refractivity contribution is 5.51. The van der Waals surface area contributed by atoms with Gasteiger partial charge in [0.1, 0.15) is 5.82 Å². The van der Waals surface area contributed by atoms with E-state index < -0.39 is 17.6 Å². The Morgan fingerprint density at radius 2 is 2.00 bits per heavy atom. The number of benzene rings is 1. The van der Waals surface area contributed by atoms with Gasteiger partial charge in [0, 0.05) is 19.1 Å². The van der Waals surface area contributed by atoms with Crippen molar-refractivity contribution in [3.05, 3.63) is 29.6 Å². The van der Waals surface area contributed by atoms with Gasteiger partial charge in [0.15, 0.2) is 0 Å². The predicted octanol–water partition coefficient (Wildman–Crippen LogP) is 3.03. The smallest absolute Gasteiger partial charge is 0.367 e. The van der Waals surface area contributed by atoms with Crippen molar-refractivity contribution < 1.29 is 17.6 Å². The molecule has 2 unspecified atom stereocenters. The third-order valence-corrected chi connectivity index (χ3v) is 4.21. The second-order valence-electron chi connectivity index (χ2n) is 5.53. The summed E-state index contributed by atoms with van der Waals surface area (Å²) in [7, 11) is 0. The van der Waals surface area contributed by atoms with E-state index >= 15 is 0 Å². The van der Waals surface area contributed by atoms with Gasteiger partial charge in [0.2, 0.25) is 0 Å². The molecule has 0 aromatic heterocycles. The van der Waals surface area contributed by atoms with Gasteiger partial charge in [-0.05, 0) is 43.5 Å². The molecule has 110 valence electrons. The standard InChI is InChI=1S/C14H16F4N2/c15-11-6-10(14(16,17)18)3-4-13(11)20-7-9-2-1-5-19-12(9)8-20/h3-4,6,9,12,19H,1-2,5,7-8H2. The molecule has 6 heteroatoms. The summed E-state index contributed by atoms with van der Waals surface area (Å²) >= 11 is 0. The van der Waals surface area contributed by atoms with E-state index in [2.05, 4.69) is 5.32 Å². The van der Waals surface area contributed by atoms with Crippen molar-refractivity contribution in [3.63, 3.8) is 0 Å². The number of nitrogens with zero attached hydrogens (tertiary/aromatic N) is 1. The molecule has 1 aromatic carbocycles. The lowest BCUT2D eigenvalue weighted by molar-refractivity contribution is -0.137. The maximum atomic E-state index is 13.9. The van der Waals surface area contributed by atoms with Gasteiger partial charge in [-0.1, -0.05) is 0 Å². The molecule has 2 atom stereocenters. The van der Waals surface area contributed by atoms with Gasteiger partial charge in [0.05, 0.1) is 11.3 Å². The van der Waals surface area contributed by atoms with E-state index in [4.69, 9.17) is 0 Å². The summed E-state index contributed by atoms with van der Waals surface area (Å²) in [6.45, 7) is 2.33. The first-order valence-corrected chi connectivity index (χ1v) is 6.80. The summed E-state index contributed by atoms with van der Waals surface area (Å²) in [5.74, 6) is -0.330. The van der Waals surface area contributed by atoms with Crippen LogP contribution in [0.3, 0.4) is 0 Å². The zero-order valence-corrected chi connectivity index (χ0v) is 10.9. The highest BCUT2D eigenvalue weighted by atomic mass is 19.4. The van der Waals surface area contributed by atoms with Crippen molar-refractivity contribution in [1.82, 2.24) is 5.32 Å². The van der Waals surface area contributed by atoms with Gasteiger partial charge in [-0.2, -0.15) is 13.2 Å². The Labute approximate surface area is 114 Å². The summed E-state index contributed by atoms with van der Waals surface area (Å²) < 4.78 is 51.5. The quantitative estimate of drug-likeness (QED) is 0.799. The molecule has 2 aliphatic heterocycles. The number of nitrogens with one attached hydrogen (secondary N) is 1. The largest absolute Gasteiger partial charge is 0.416 e. The number of alkyl halides is 3. The van der Waals surface area contributed by atoms with Crippen LogP contribution in [0.25, 0.3) is 0 Å². The highest BCUT2D eigenvalue weighted by Gasteiger charge is 2.36. The van der Waals surface area contributed by atoms with Crippen LogP contribution < -0.4 is 10.2 Å². The summed E-state index contributed by atoms with van der Waals surface area (Å²) in [5.41, 5.74) is -0.664. The Hall–Kier alpha value is -1.30. The van der Waals surface area contributed by atoms with E-state index in [0.29, 0.717) is 31.1 Å². The molecule has 0 bridgehead atoms. The zero-order valence-electron chi connectivity index (χ0n) is 10.9. The average molecular weight is 288 g/mol. The van der Waals surface area contributed by atoms with E-state index in [9.17, 15) is 17.6 Å². The second-order valence-corrected chi connectivity index (χ2v) is 5.53. The van der Waals surface area contributed by atoms with Crippen LogP contribution in [-0.4, -0.2) is 25.7 Å². The first-order valence-electron chi connectivity index (χ1n) is 6.80. The zero-order chi connectivity index (χ0) is 14.3. The fourth-order valence-electron chi connectivity index (χ4n) is 3.18. The molecule has 3 rings (SSSR count). The molecule has 1 N–H and O–H groups in total. The minimum Gasteiger partial charge on any atom is -0.367 e. The Kier molecular flexibility index (Phi) is 3.36. The monoisotopic (exact) mass is 288 g/mol. The SMILES string of the molecule is Fc1cc(C(F)(F)F)ccc1N1CC2CCCNC2C1. The van der Waals surface area contributed by atoms with E-state index in [-0.39, 0.29) is 5.69 Å². The molecule has 2 aliphatic rings. The molecule has 0 spiro atoms. The van der Waals surface area contributed by atoms with Gasteiger partial charge in [-0.3, -0.25) is 0 Å². The Morgan fingerprint density at radius 3 is 2.65 bits per heavy atom. The molecule has 0 saturated carbocycles. The van der Waals surface area contributed by atoms with Crippen molar-refractivity contribution >= 4 is 5.69 Å². The van der Waals surface area contributed by atoms with Crippen LogP contribution in [-0.2, 0) is 6.18 Å². The molecule has 0 aliphatic carbocycles. The maximum absolute atomic E-state index is 13.9. The van der Waals surface area contributed by atoms with E-state index in [1.165, 1.54) is 6.07 Å². The van der Waals surface area contributed by atoms with Crippen LogP contribution in [0.5, 0.6) is 0 Å². The van der Waals surface area contributed by atoms with Crippen LogP contribution in [0.2, 0.25) is 0 Å². The highest BCUT2D eigenvalue weighted by Crippen LogP contribution is 2.34. The molecule has 2 heterocycles. The fourth-order valence-corrected chi connectivity index (χ4v) is 3.18. The van der Waals surface area contributed by atoms with E-state index in [1.54, 1.807) is 0 Å². The summed E-state index contributed by atoms with van der Waals surface area (Å²) in [6, 6.07) is 3.11. The van der Waals surface area contributed by atoms with Crippen LogP contribution in [0.15, 0.2) is 18.2 Å². The molecule has 2 saturated heterocycles. The number of rotatable bonds is 1. The van der Waals surface area contributed by atoms with Crippen molar-refractivity contribution in [2.75, 3.05) is 24.5 Å². The van der Waals surface area contributed by atoms with Crippen LogP contribution in [0.4, 0.5) is 23.2 Å². The minimum atomic E-state index is -4.50. The maximum Gasteiger partial charge on any atom is 0.416 e. The van der Waals surface area contributed by atoms with Crippen LogP contribution in [0, 0.1) is 11.7 Å². The normalized spacial score (nSPS) is 26.7. The summed E-state index contributed by atoms with van der Waals surface area (Å²) in [5, 5.41) is 3.39. The number of hydrogen-bond acceptors (Lipinski definition) is 2. The van der Waals surface area contributed by atoms with Gasteiger partial charge >= 0.3 is 6.18 Å². The first-order chi connectivity index (χ1) is 9.45. The molecule has 0 radical (unpaired) electrons. The summed E-state index contributed by atoms with van der Waals surface area (Å²) in [6.07, 6.45) is -2.30. The second kappa shape index (κ2) is 4.91. The Bertz CT molecular complexity index is 486. The van der Waals surface area contributed by atoms with Gasteiger partial charge < -0.3 is 10.2 Å². The van der Waals surface area contributed by atoms with Crippen molar-refractivity contribution in [3.8, 4) is 0 Å². The van der Waals surface area contributed by atoms with Crippen molar-refractivity contribution in [1.29, 1.82) is 0 Å². The van der Waals surface area contributed by atoms with Crippen LogP contribution in [0.1, 0.15) is 18.4 Å². The lowest BCUT2D eigenvalue weighted by Crippen LogP contribution is -2.40. The minimum absolute atomic E-state index is 0.272. The number of halogens is 4. The third-order valence-electron chi connectivity index (χ3n) is 4.21. The molecule has 20 heavy (non-hydrogen) atoms. The van der Waals surface area contributed by atoms with Gasteiger partial charge in [-0.15, -0.1) is 0 Å². The third kappa shape index (κ3) is 2.49. The molecule has 2 nitrogen and oxygen atoms in total. The van der Waals surface area contributed by atoms with Crippen molar-refractivity contribution in [2.45, 2.75) is 25.1 Å². The Morgan fingerprint density at radius 1 is 1.20 bits per heavy atom. The number of fused-ring (bicyclic) bond motifs is 1. The molecule has 0 amide bonds. The number of anilines is 1. The number of piperidine rings is 1. The topological polar surface area (TPSA) is 15.3 Å². The summed E-state index contributed by atoms with van der Waals surface area (Å²) in [4.78, 5) is 1.85. The van der Waals surface area contributed by atoms with Crippen LogP contribution >= 0.6 is 0 Å². The lowest BCUT2D eigenvalue weighted by Gasteiger charge is -2.24. The molecular formula is C14H16F4N2. The molecule has 1 aromatic rings. The first kappa shape index (κ1) is 13.7. The lowest BCUT2D eigenvalue weighted by atomic mass is 9.94. The fraction of sp³-hybridized carbons (Fsp3) is 0.571. The van der Waals surface area contributed by atoms with E-state index in [1.807, 2.05) is 4.90 Å². The van der Waals surface area contributed by atoms with Gasteiger partial charge in [0.25, 0.3) is 0 Å². The predicted molar refractivity (Wildman–Crippen MR) is 68.1 cm³/mol.